The summed E-state index contributed by atoms with van der Waals surface area (Å²) >= 11 is 0. The Morgan fingerprint density at radius 3 is 1.38 bits per heavy atom. The van der Waals surface area contributed by atoms with Crippen molar-refractivity contribution in [3.63, 3.8) is 0 Å². The first-order chi connectivity index (χ1) is 16.5. The number of hydrogen-bond acceptors (Lipinski definition) is 10. The summed E-state index contributed by atoms with van der Waals surface area (Å²) in [6.07, 6.45) is 3.03. The van der Waals surface area contributed by atoms with E-state index in [0.717, 1.165) is 10.8 Å². The van der Waals surface area contributed by atoms with E-state index >= 15 is 0 Å². The van der Waals surface area contributed by atoms with E-state index in [1.54, 1.807) is 24.3 Å². The minimum atomic E-state index is -0.466. The average molecular weight is 456 g/mol. The maximum Gasteiger partial charge on any atom is 0.269 e. The molecule has 0 radical (unpaired) electrons. The monoisotopic (exact) mass is 456 g/mol. The molecule has 0 atom stereocenters. The van der Waals surface area contributed by atoms with Crippen molar-refractivity contribution >= 4 is 46.2 Å². The molecule has 0 fully saturated rings. The normalized spacial score (nSPS) is 11.2. The second-order valence-electron chi connectivity index (χ2n) is 6.88. The first-order valence-corrected chi connectivity index (χ1v) is 9.84. The van der Waals surface area contributed by atoms with Gasteiger partial charge in [0.05, 0.1) is 22.3 Å². The van der Waals surface area contributed by atoms with Crippen LogP contribution in [-0.2, 0) is 0 Å². The summed E-state index contributed by atoms with van der Waals surface area (Å²) in [5.74, 6) is 0.831. The third kappa shape index (κ3) is 5.13. The van der Waals surface area contributed by atoms with Gasteiger partial charge >= 0.3 is 0 Å². The fourth-order valence-electron chi connectivity index (χ4n) is 2.97. The number of nitrogens with zero attached hydrogens (tertiary/aromatic N) is 6. The lowest BCUT2D eigenvalue weighted by Crippen LogP contribution is -2.01. The zero-order valence-electron chi connectivity index (χ0n) is 17.4. The number of hydrogen-bond donors (Lipinski definition) is 2. The number of nitrogens with one attached hydrogen (secondary N) is 2. The predicted octanol–water partition coefficient (Wildman–Crippen LogP) is 4.34. The third-order valence-electron chi connectivity index (χ3n) is 4.66. The fourth-order valence-corrected chi connectivity index (χ4v) is 2.97. The van der Waals surface area contributed by atoms with Gasteiger partial charge in [0, 0.05) is 35.0 Å². The minimum Gasteiger partial charge on any atom is -0.259 e. The zero-order valence-corrected chi connectivity index (χ0v) is 17.4. The van der Waals surface area contributed by atoms with Crippen LogP contribution >= 0.6 is 0 Å². The van der Waals surface area contributed by atoms with Crippen molar-refractivity contribution in [3.05, 3.63) is 104 Å². The Bertz CT molecular complexity index is 1300. The first kappa shape index (κ1) is 22.0. The van der Waals surface area contributed by atoms with E-state index in [4.69, 9.17) is 0 Å². The molecule has 0 aliphatic rings. The van der Waals surface area contributed by atoms with Crippen molar-refractivity contribution in [2.24, 2.45) is 10.2 Å². The Labute approximate surface area is 192 Å². The van der Waals surface area contributed by atoms with Crippen molar-refractivity contribution in [2.75, 3.05) is 10.9 Å². The summed E-state index contributed by atoms with van der Waals surface area (Å²) in [7, 11) is 0. The topological polar surface area (TPSA) is 161 Å². The summed E-state index contributed by atoms with van der Waals surface area (Å²) in [5, 5.41) is 39.6. The van der Waals surface area contributed by atoms with Crippen molar-refractivity contribution in [1.82, 2.24) is 10.2 Å². The summed E-state index contributed by atoms with van der Waals surface area (Å²) in [5.41, 5.74) is 7.03. The molecule has 2 N–H and O–H groups in total. The summed E-state index contributed by atoms with van der Waals surface area (Å²) in [4.78, 5) is 20.6. The number of aromatic nitrogens is 2. The molecule has 0 amide bonds. The van der Waals surface area contributed by atoms with Crippen LogP contribution in [0.5, 0.6) is 0 Å². The van der Waals surface area contributed by atoms with Gasteiger partial charge in [-0.3, -0.25) is 31.1 Å². The summed E-state index contributed by atoms with van der Waals surface area (Å²) < 4.78 is 0. The van der Waals surface area contributed by atoms with Gasteiger partial charge in [-0.25, -0.2) is 0 Å². The molecule has 34 heavy (non-hydrogen) atoms. The zero-order chi connectivity index (χ0) is 23.9. The van der Waals surface area contributed by atoms with E-state index in [1.807, 2.05) is 24.3 Å². The van der Waals surface area contributed by atoms with Gasteiger partial charge in [-0.15, -0.1) is 10.2 Å². The van der Waals surface area contributed by atoms with Crippen LogP contribution in [0.15, 0.2) is 83.0 Å². The molecule has 0 aliphatic carbocycles. The Morgan fingerprint density at radius 2 is 1.03 bits per heavy atom. The van der Waals surface area contributed by atoms with Gasteiger partial charge in [-0.05, 0) is 35.4 Å². The van der Waals surface area contributed by atoms with Gasteiger partial charge < -0.3 is 0 Å². The van der Waals surface area contributed by atoms with E-state index in [2.05, 4.69) is 31.3 Å². The molecule has 1 heterocycles. The van der Waals surface area contributed by atoms with E-state index in [0.29, 0.717) is 22.8 Å². The van der Waals surface area contributed by atoms with Crippen molar-refractivity contribution in [1.29, 1.82) is 0 Å². The minimum absolute atomic E-state index is 0.00120. The smallest absolute Gasteiger partial charge is 0.259 e. The van der Waals surface area contributed by atoms with Gasteiger partial charge in [-0.2, -0.15) is 10.2 Å². The summed E-state index contributed by atoms with van der Waals surface area (Å²) in [6.45, 7) is 0. The highest BCUT2D eigenvalue weighted by Gasteiger charge is 2.08. The van der Waals surface area contributed by atoms with Crippen LogP contribution in [0.1, 0.15) is 11.1 Å². The van der Waals surface area contributed by atoms with Gasteiger partial charge in [0.2, 0.25) is 0 Å². The van der Waals surface area contributed by atoms with Crippen LogP contribution in [0, 0.1) is 20.2 Å². The van der Waals surface area contributed by atoms with E-state index in [-0.39, 0.29) is 11.4 Å². The molecule has 168 valence electrons. The SMILES string of the molecule is O=[N+]([O-])c1ccc(C=NNc2nnc(NN=Cc3ccc([N+](=O)[O-])cc3)c3ccccc23)cc1. The molecule has 1 aromatic heterocycles. The van der Waals surface area contributed by atoms with Crippen LogP contribution in [0.25, 0.3) is 10.8 Å². The van der Waals surface area contributed by atoms with E-state index < -0.39 is 9.85 Å². The molecule has 3 aromatic carbocycles. The maximum absolute atomic E-state index is 10.7. The number of rotatable bonds is 8. The second kappa shape index (κ2) is 9.91. The van der Waals surface area contributed by atoms with Gasteiger partial charge in [0.25, 0.3) is 11.4 Å². The molecule has 0 aliphatic heterocycles. The number of hydrazone groups is 2. The Balaban J connectivity index is 1.48. The molecule has 12 nitrogen and oxygen atoms in total. The van der Waals surface area contributed by atoms with Gasteiger partial charge in [0.15, 0.2) is 11.6 Å². The Kier molecular flexibility index (Phi) is 6.40. The average Bonchev–Trinajstić information content (AvgIpc) is 2.85. The second-order valence-corrected chi connectivity index (χ2v) is 6.88. The molecule has 0 bridgehead atoms. The molecule has 0 saturated heterocycles. The number of benzene rings is 3. The standard InChI is InChI=1S/C22H16N8O4/c31-29(32)17-9-5-15(6-10-17)13-23-25-21-19-3-1-2-4-20(19)22(28-27-21)26-24-14-16-7-11-18(12-8-16)30(33)34/h1-14H,(H,25,27)(H,26,28). The van der Waals surface area contributed by atoms with E-state index in [1.165, 1.54) is 36.7 Å². The van der Waals surface area contributed by atoms with Crippen molar-refractivity contribution < 1.29 is 9.85 Å². The van der Waals surface area contributed by atoms with Crippen LogP contribution < -0.4 is 10.9 Å². The highest BCUT2D eigenvalue weighted by molar-refractivity contribution is 5.98. The predicted molar refractivity (Wildman–Crippen MR) is 128 cm³/mol. The number of fused-ring (bicyclic) bond motifs is 1. The molecular weight excluding hydrogens is 440 g/mol. The van der Waals surface area contributed by atoms with Gasteiger partial charge in [-0.1, -0.05) is 24.3 Å². The van der Waals surface area contributed by atoms with Crippen LogP contribution in [-0.4, -0.2) is 32.5 Å². The molecule has 0 unspecified atom stereocenters. The van der Waals surface area contributed by atoms with Crippen LogP contribution in [0.4, 0.5) is 23.0 Å². The lowest BCUT2D eigenvalue weighted by molar-refractivity contribution is -0.385. The highest BCUT2D eigenvalue weighted by Crippen LogP contribution is 2.26. The van der Waals surface area contributed by atoms with Gasteiger partial charge in [0.1, 0.15) is 0 Å². The number of non-ortho nitro benzene ring substituents is 2. The van der Waals surface area contributed by atoms with Crippen LogP contribution in [0.3, 0.4) is 0 Å². The largest absolute Gasteiger partial charge is 0.269 e. The van der Waals surface area contributed by atoms with Crippen LogP contribution in [0.2, 0.25) is 0 Å². The lowest BCUT2D eigenvalue weighted by atomic mass is 10.2. The molecular formula is C22H16N8O4. The number of nitro benzene ring substituents is 2. The highest BCUT2D eigenvalue weighted by atomic mass is 16.6. The van der Waals surface area contributed by atoms with Crippen molar-refractivity contribution in [2.45, 2.75) is 0 Å². The fraction of sp³-hybridized carbons (Fsp3) is 0. The Morgan fingerprint density at radius 1 is 0.647 bits per heavy atom. The molecule has 0 spiro atoms. The Hall–Kier alpha value is -5.26. The van der Waals surface area contributed by atoms with Crippen molar-refractivity contribution in [3.8, 4) is 0 Å². The molecule has 12 heteroatoms. The third-order valence-corrected chi connectivity index (χ3v) is 4.66. The lowest BCUT2D eigenvalue weighted by Gasteiger charge is -2.07. The number of nitro groups is 2. The first-order valence-electron chi connectivity index (χ1n) is 9.84. The maximum atomic E-state index is 10.7. The quantitative estimate of drug-likeness (QED) is 0.225. The molecule has 4 aromatic rings. The summed E-state index contributed by atoms with van der Waals surface area (Å²) in [6, 6.07) is 19.3. The number of anilines is 2. The molecule has 0 saturated carbocycles. The molecule has 4 rings (SSSR count). The van der Waals surface area contributed by atoms with E-state index in [9.17, 15) is 20.2 Å².